The van der Waals surface area contributed by atoms with Crippen LogP contribution in [0.25, 0.3) is 10.9 Å². The van der Waals surface area contributed by atoms with Crippen LogP contribution in [-0.4, -0.2) is 16.7 Å². The van der Waals surface area contributed by atoms with Gasteiger partial charge in [-0.25, -0.2) is 0 Å². The average molecular weight is 349 g/mol. The minimum absolute atomic E-state index is 0.325. The number of benzene rings is 1. The van der Waals surface area contributed by atoms with Gasteiger partial charge >= 0.3 is 6.18 Å². The minimum Gasteiger partial charge on any atom is -0.384 e. The maximum atomic E-state index is 12.8. The molecule has 2 heterocycles. The number of halogens is 3. The molecule has 0 unspecified atom stereocenters. The Morgan fingerprint density at radius 1 is 1.16 bits per heavy atom. The first kappa shape index (κ1) is 17.3. The number of anilines is 1. The van der Waals surface area contributed by atoms with Crippen molar-refractivity contribution in [3.63, 3.8) is 0 Å². The van der Waals surface area contributed by atoms with E-state index in [1.165, 1.54) is 12.3 Å². The van der Waals surface area contributed by atoms with E-state index in [9.17, 15) is 13.2 Å². The predicted molar refractivity (Wildman–Crippen MR) is 89.5 cm³/mol. The van der Waals surface area contributed by atoms with Gasteiger partial charge in [0.2, 0.25) is 0 Å². The lowest BCUT2D eigenvalue weighted by atomic mass is 10.1. The third kappa shape index (κ3) is 3.75. The highest BCUT2D eigenvalue weighted by Crippen LogP contribution is 2.32. The zero-order valence-corrected chi connectivity index (χ0v) is 13.9. The Balaban J connectivity index is 1.69. The molecule has 0 amide bonds. The van der Waals surface area contributed by atoms with Crippen LogP contribution in [0.3, 0.4) is 0 Å². The SMILES string of the molecule is Cc1noc(C)c1CCCNc1ccnc2cc(C(F)(F)F)ccc12. The van der Waals surface area contributed by atoms with E-state index >= 15 is 0 Å². The fraction of sp³-hybridized carbons (Fsp3) is 0.333. The zero-order valence-electron chi connectivity index (χ0n) is 13.9. The second-order valence-corrected chi connectivity index (χ2v) is 5.92. The molecule has 4 nitrogen and oxygen atoms in total. The van der Waals surface area contributed by atoms with Crippen molar-refractivity contribution in [1.29, 1.82) is 0 Å². The summed E-state index contributed by atoms with van der Waals surface area (Å²) in [6.45, 7) is 4.48. The predicted octanol–water partition coefficient (Wildman–Crippen LogP) is 4.90. The largest absolute Gasteiger partial charge is 0.416 e. The molecule has 0 spiro atoms. The number of fused-ring (bicyclic) bond motifs is 1. The Bertz CT molecular complexity index is 867. The molecule has 3 aromatic rings. The summed E-state index contributed by atoms with van der Waals surface area (Å²) >= 11 is 0. The molecule has 25 heavy (non-hydrogen) atoms. The number of nitrogens with zero attached hydrogens (tertiary/aromatic N) is 2. The van der Waals surface area contributed by atoms with Gasteiger partial charge in [0.25, 0.3) is 0 Å². The van der Waals surface area contributed by atoms with Crippen LogP contribution in [0, 0.1) is 13.8 Å². The number of aryl methyl sites for hydroxylation is 2. The molecule has 0 aliphatic rings. The molecule has 0 fully saturated rings. The fourth-order valence-corrected chi connectivity index (χ4v) is 2.83. The third-order valence-corrected chi connectivity index (χ3v) is 4.17. The first-order chi connectivity index (χ1) is 11.9. The van der Waals surface area contributed by atoms with Gasteiger partial charge < -0.3 is 9.84 Å². The number of rotatable bonds is 5. The summed E-state index contributed by atoms with van der Waals surface area (Å²) in [5.41, 5.74) is 2.41. The number of hydrogen-bond acceptors (Lipinski definition) is 4. The lowest BCUT2D eigenvalue weighted by molar-refractivity contribution is -0.137. The molecule has 2 aromatic heterocycles. The molecule has 132 valence electrons. The minimum atomic E-state index is -4.37. The van der Waals surface area contributed by atoms with Crippen molar-refractivity contribution >= 4 is 16.6 Å². The van der Waals surface area contributed by atoms with Crippen molar-refractivity contribution in [2.45, 2.75) is 32.9 Å². The van der Waals surface area contributed by atoms with E-state index in [0.29, 0.717) is 17.4 Å². The molecule has 0 radical (unpaired) electrons. The number of aromatic nitrogens is 2. The van der Waals surface area contributed by atoms with E-state index in [1.54, 1.807) is 6.07 Å². The van der Waals surface area contributed by atoms with Gasteiger partial charge in [0.05, 0.1) is 16.8 Å². The first-order valence-corrected chi connectivity index (χ1v) is 7.98. The van der Waals surface area contributed by atoms with Gasteiger partial charge in [-0.3, -0.25) is 4.98 Å². The Morgan fingerprint density at radius 3 is 2.64 bits per heavy atom. The summed E-state index contributed by atoms with van der Waals surface area (Å²) in [6, 6.07) is 5.39. The molecule has 0 bridgehead atoms. The molecule has 0 aliphatic heterocycles. The van der Waals surface area contributed by atoms with Crippen LogP contribution in [0.1, 0.15) is 29.0 Å². The maximum absolute atomic E-state index is 12.8. The normalized spacial score (nSPS) is 11.9. The average Bonchev–Trinajstić information content (AvgIpc) is 2.89. The smallest absolute Gasteiger partial charge is 0.384 e. The van der Waals surface area contributed by atoms with Crippen molar-refractivity contribution in [1.82, 2.24) is 10.1 Å². The van der Waals surface area contributed by atoms with Crippen LogP contribution >= 0.6 is 0 Å². The molecule has 1 aromatic carbocycles. The first-order valence-electron chi connectivity index (χ1n) is 7.98. The lowest BCUT2D eigenvalue weighted by Crippen LogP contribution is -2.06. The zero-order chi connectivity index (χ0) is 18.0. The highest BCUT2D eigenvalue weighted by Gasteiger charge is 2.30. The maximum Gasteiger partial charge on any atom is 0.416 e. The molecule has 3 rings (SSSR count). The van der Waals surface area contributed by atoms with Gasteiger partial charge in [-0.2, -0.15) is 13.2 Å². The Labute approximate surface area is 143 Å². The van der Waals surface area contributed by atoms with Crippen LogP contribution in [0.2, 0.25) is 0 Å². The second-order valence-electron chi connectivity index (χ2n) is 5.92. The monoisotopic (exact) mass is 349 g/mol. The van der Waals surface area contributed by atoms with Crippen LogP contribution in [0.15, 0.2) is 35.0 Å². The van der Waals surface area contributed by atoms with Crippen molar-refractivity contribution in [2.75, 3.05) is 11.9 Å². The Hall–Kier alpha value is -2.57. The highest BCUT2D eigenvalue weighted by molar-refractivity contribution is 5.91. The molecule has 0 aliphatic carbocycles. The molecule has 7 heteroatoms. The van der Waals surface area contributed by atoms with Crippen molar-refractivity contribution in [2.24, 2.45) is 0 Å². The van der Waals surface area contributed by atoms with E-state index in [-0.39, 0.29) is 0 Å². The molecule has 0 saturated carbocycles. The quantitative estimate of drug-likeness (QED) is 0.666. The van der Waals surface area contributed by atoms with Gasteiger partial charge in [0.15, 0.2) is 0 Å². The van der Waals surface area contributed by atoms with E-state index in [4.69, 9.17) is 4.52 Å². The van der Waals surface area contributed by atoms with E-state index in [1.807, 2.05) is 13.8 Å². The number of pyridine rings is 1. The van der Waals surface area contributed by atoms with E-state index in [0.717, 1.165) is 47.7 Å². The van der Waals surface area contributed by atoms with Crippen molar-refractivity contribution in [3.05, 3.63) is 53.0 Å². The summed E-state index contributed by atoms with van der Waals surface area (Å²) < 4.78 is 43.6. The van der Waals surface area contributed by atoms with Gasteiger partial charge in [-0.15, -0.1) is 0 Å². The second kappa shape index (κ2) is 6.74. The Morgan fingerprint density at radius 2 is 1.96 bits per heavy atom. The molecule has 0 saturated heterocycles. The summed E-state index contributed by atoms with van der Waals surface area (Å²) in [4.78, 5) is 4.05. The summed E-state index contributed by atoms with van der Waals surface area (Å²) in [5, 5.41) is 7.88. The summed E-state index contributed by atoms with van der Waals surface area (Å²) in [7, 11) is 0. The Kier molecular flexibility index (Phi) is 4.65. The van der Waals surface area contributed by atoms with Gasteiger partial charge in [-0.1, -0.05) is 11.2 Å². The van der Waals surface area contributed by atoms with Crippen LogP contribution < -0.4 is 5.32 Å². The molecule has 0 atom stereocenters. The van der Waals surface area contributed by atoms with Crippen LogP contribution in [0.4, 0.5) is 18.9 Å². The van der Waals surface area contributed by atoms with Crippen molar-refractivity contribution < 1.29 is 17.7 Å². The third-order valence-electron chi connectivity index (χ3n) is 4.17. The van der Waals surface area contributed by atoms with Gasteiger partial charge in [0, 0.05) is 29.4 Å². The number of nitrogens with one attached hydrogen (secondary N) is 1. The molecular weight excluding hydrogens is 331 g/mol. The summed E-state index contributed by atoms with van der Waals surface area (Å²) in [5.74, 6) is 0.826. The van der Waals surface area contributed by atoms with Crippen LogP contribution in [-0.2, 0) is 12.6 Å². The fourth-order valence-electron chi connectivity index (χ4n) is 2.83. The standard InChI is InChI=1S/C18H18F3N3O/c1-11-14(12(2)25-24-11)4-3-8-22-16-7-9-23-17-10-13(18(19,20)21)5-6-15(16)17/h5-7,9-10H,3-4,8H2,1-2H3,(H,22,23). The van der Waals surface area contributed by atoms with Gasteiger partial charge in [0.1, 0.15) is 5.76 Å². The van der Waals surface area contributed by atoms with E-state index < -0.39 is 11.7 Å². The lowest BCUT2D eigenvalue weighted by Gasteiger charge is -2.11. The number of hydrogen-bond donors (Lipinski definition) is 1. The van der Waals surface area contributed by atoms with Gasteiger partial charge in [-0.05, 0) is 44.9 Å². The van der Waals surface area contributed by atoms with Crippen LogP contribution in [0.5, 0.6) is 0 Å². The molecular formula is C18H18F3N3O. The topological polar surface area (TPSA) is 51.0 Å². The number of alkyl halides is 3. The summed E-state index contributed by atoms with van der Waals surface area (Å²) in [6.07, 6.45) is -1.17. The molecule has 1 N–H and O–H groups in total. The van der Waals surface area contributed by atoms with Crippen molar-refractivity contribution in [3.8, 4) is 0 Å². The highest BCUT2D eigenvalue weighted by atomic mass is 19.4. The van der Waals surface area contributed by atoms with E-state index in [2.05, 4.69) is 15.5 Å².